The monoisotopic (exact) mass is 581 g/mol. The average molecular weight is 581 g/mol. The Kier molecular flexibility index (Phi) is 29.1. The van der Waals surface area contributed by atoms with Crippen LogP contribution < -0.4 is 0 Å². The van der Waals surface area contributed by atoms with Gasteiger partial charge in [-0.1, -0.05) is 161 Å². The molecule has 1 atom stereocenters. The number of carbonyl (C=O) groups excluding carboxylic acids is 1. The summed E-state index contributed by atoms with van der Waals surface area (Å²) in [6, 6.07) is 0. The maximum Gasteiger partial charge on any atom is 0.377 e. The second-order valence-corrected chi connectivity index (χ2v) is 12.2. The molecule has 5 heteroatoms. The number of aliphatic hydroxyl groups is 1. The quantitative estimate of drug-likeness (QED) is 0.0358. The minimum absolute atomic E-state index is 0.0432. The van der Waals surface area contributed by atoms with Crippen LogP contribution in [0.4, 0.5) is 0 Å². The fourth-order valence-corrected chi connectivity index (χ4v) is 5.34. The molecule has 41 heavy (non-hydrogen) atoms. The summed E-state index contributed by atoms with van der Waals surface area (Å²) in [7, 11) is 0. The number of allylic oxidation sites excluding steroid dienone is 2. The molecule has 0 rings (SSSR count). The third-order valence-electron chi connectivity index (χ3n) is 8.13. The van der Waals surface area contributed by atoms with E-state index in [-0.39, 0.29) is 12.8 Å². The van der Waals surface area contributed by atoms with Crippen LogP contribution in [0.3, 0.4) is 0 Å². The van der Waals surface area contributed by atoms with Gasteiger partial charge in [-0.2, -0.15) is 0 Å². The van der Waals surface area contributed by atoms with E-state index in [1.807, 2.05) is 0 Å². The second-order valence-electron chi connectivity index (χ2n) is 12.2. The van der Waals surface area contributed by atoms with Crippen LogP contribution in [0.25, 0.3) is 0 Å². The van der Waals surface area contributed by atoms with Gasteiger partial charge in [-0.15, -0.1) is 0 Å². The first-order chi connectivity index (χ1) is 20.0. The fraction of sp³-hybridized carbons (Fsp3) is 0.889. The minimum Gasteiger partial charge on any atom is -0.476 e. The zero-order valence-corrected chi connectivity index (χ0v) is 27.3. The van der Waals surface area contributed by atoms with Crippen molar-refractivity contribution in [3.05, 3.63) is 12.2 Å². The number of carboxylic acids is 1. The summed E-state index contributed by atoms with van der Waals surface area (Å²) in [5.74, 6) is -4.47. The number of unbranched alkanes of at least 4 members (excludes halogenated alkanes) is 24. The number of esters is 1. The summed E-state index contributed by atoms with van der Waals surface area (Å²) in [5, 5.41) is 19.9. The summed E-state index contributed by atoms with van der Waals surface area (Å²) in [6.45, 7) is 4.50. The Morgan fingerprint density at radius 1 is 0.537 bits per heavy atom. The van der Waals surface area contributed by atoms with E-state index in [1.165, 1.54) is 109 Å². The van der Waals surface area contributed by atoms with Crippen molar-refractivity contribution in [1.29, 1.82) is 0 Å². The minimum atomic E-state index is -2.39. The van der Waals surface area contributed by atoms with Crippen LogP contribution >= 0.6 is 0 Å². The Labute approximate surface area is 254 Å². The largest absolute Gasteiger partial charge is 0.476 e. The Bertz CT molecular complexity index is 617. The van der Waals surface area contributed by atoms with Gasteiger partial charge in [-0.25, -0.2) is 4.79 Å². The summed E-state index contributed by atoms with van der Waals surface area (Å²) < 4.78 is 5.04. The molecule has 0 amide bonds. The van der Waals surface area contributed by atoms with Crippen LogP contribution in [0.15, 0.2) is 12.2 Å². The van der Waals surface area contributed by atoms with Crippen molar-refractivity contribution in [2.75, 3.05) is 0 Å². The molecule has 0 aliphatic carbocycles. The van der Waals surface area contributed by atoms with Gasteiger partial charge in [0.1, 0.15) is 0 Å². The SMILES string of the molecule is CCCCCCCC/C=C\CCCCCCCC(=O)OC(O)(CCCCCCCCCCCCCCCC)C(=O)O. The maximum absolute atomic E-state index is 12.2. The van der Waals surface area contributed by atoms with Crippen LogP contribution in [0.2, 0.25) is 0 Å². The molecule has 0 aliphatic rings. The van der Waals surface area contributed by atoms with Gasteiger partial charge in [-0.05, 0) is 38.5 Å². The van der Waals surface area contributed by atoms with Crippen molar-refractivity contribution in [1.82, 2.24) is 0 Å². The number of aliphatic carboxylic acids is 1. The first-order valence-corrected chi connectivity index (χ1v) is 17.8. The van der Waals surface area contributed by atoms with E-state index in [4.69, 9.17) is 4.74 Å². The van der Waals surface area contributed by atoms with E-state index in [9.17, 15) is 19.8 Å². The highest BCUT2D eigenvalue weighted by Gasteiger charge is 2.39. The third kappa shape index (κ3) is 27.2. The zero-order valence-electron chi connectivity index (χ0n) is 27.3. The highest BCUT2D eigenvalue weighted by molar-refractivity contribution is 5.80. The molecule has 0 aromatic rings. The van der Waals surface area contributed by atoms with E-state index >= 15 is 0 Å². The lowest BCUT2D eigenvalue weighted by atomic mass is 10.0. The van der Waals surface area contributed by atoms with Gasteiger partial charge >= 0.3 is 17.7 Å². The average Bonchev–Trinajstić information content (AvgIpc) is 2.95. The topological polar surface area (TPSA) is 83.8 Å². The van der Waals surface area contributed by atoms with Gasteiger partial charge in [0.25, 0.3) is 0 Å². The first-order valence-electron chi connectivity index (χ1n) is 17.8. The zero-order chi connectivity index (χ0) is 30.3. The van der Waals surface area contributed by atoms with Crippen molar-refractivity contribution in [3.63, 3.8) is 0 Å². The summed E-state index contributed by atoms with van der Waals surface area (Å²) in [5.41, 5.74) is 0. The van der Waals surface area contributed by atoms with Crippen LogP contribution in [0.1, 0.15) is 200 Å². The molecule has 0 fully saturated rings. The van der Waals surface area contributed by atoms with E-state index < -0.39 is 17.7 Å². The molecule has 0 aliphatic heterocycles. The van der Waals surface area contributed by atoms with Gasteiger partial charge in [0.2, 0.25) is 0 Å². The molecule has 0 saturated heterocycles. The number of rotatable bonds is 32. The molecule has 242 valence electrons. The van der Waals surface area contributed by atoms with E-state index in [0.29, 0.717) is 12.8 Å². The van der Waals surface area contributed by atoms with Crippen LogP contribution in [0.5, 0.6) is 0 Å². The standard InChI is InChI=1S/C36H68O5/c1-3-5-7-9-11-13-15-17-19-20-22-24-26-28-30-32-34(37)41-36(40,35(38)39)33-31-29-27-25-23-21-18-16-14-12-10-8-6-4-2/h17,19,40H,3-16,18,20-33H2,1-2H3,(H,38,39)/b19-17-. The smallest absolute Gasteiger partial charge is 0.377 e. The molecule has 0 aromatic carbocycles. The summed E-state index contributed by atoms with van der Waals surface area (Å²) in [4.78, 5) is 23.8. The summed E-state index contributed by atoms with van der Waals surface area (Å²) in [6.07, 6.45) is 36.8. The Morgan fingerprint density at radius 3 is 1.27 bits per heavy atom. The number of hydrogen-bond donors (Lipinski definition) is 2. The van der Waals surface area contributed by atoms with E-state index in [1.54, 1.807) is 0 Å². The molecule has 2 N–H and O–H groups in total. The molecular weight excluding hydrogens is 512 g/mol. The van der Waals surface area contributed by atoms with Gasteiger partial charge < -0.3 is 14.9 Å². The highest BCUT2D eigenvalue weighted by atomic mass is 16.7. The fourth-order valence-electron chi connectivity index (χ4n) is 5.34. The van der Waals surface area contributed by atoms with Crippen molar-refractivity contribution in [2.24, 2.45) is 0 Å². The van der Waals surface area contributed by atoms with E-state index in [0.717, 1.165) is 51.4 Å². The number of ether oxygens (including phenoxy) is 1. The lowest BCUT2D eigenvalue weighted by molar-refractivity contribution is -0.225. The first kappa shape index (κ1) is 39.6. The van der Waals surface area contributed by atoms with Crippen molar-refractivity contribution in [3.8, 4) is 0 Å². The van der Waals surface area contributed by atoms with E-state index in [2.05, 4.69) is 26.0 Å². The predicted molar refractivity (Wildman–Crippen MR) is 173 cm³/mol. The van der Waals surface area contributed by atoms with Crippen molar-refractivity contribution < 1.29 is 24.5 Å². The van der Waals surface area contributed by atoms with Gasteiger partial charge in [0, 0.05) is 12.8 Å². The lowest BCUT2D eigenvalue weighted by Crippen LogP contribution is -2.43. The molecule has 0 saturated carbocycles. The van der Waals surface area contributed by atoms with Crippen LogP contribution in [-0.4, -0.2) is 27.9 Å². The Morgan fingerprint density at radius 2 is 0.878 bits per heavy atom. The lowest BCUT2D eigenvalue weighted by Gasteiger charge is -2.23. The molecule has 0 spiro atoms. The Hall–Kier alpha value is -1.36. The maximum atomic E-state index is 12.2. The number of carbonyl (C=O) groups is 2. The van der Waals surface area contributed by atoms with Gasteiger partial charge in [0.15, 0.2) is 0 Å². The number of carboxylic acid groups (broad SMARTS) is 1. The second kappa shape index (κ2) is 30.1. The van der Waals surface area contributed by atoms with Crippen LogP contribution in [0, 0.1) is 0 Å². The molecule has 5 nitrogen and oxygen atoms in total. The van der Waals surface area contributed by atoms with Gasteiger partial charge in [-0.3, -0.25) is 4.79 Å². The predicted octanol–water partition coefficient (Wildman–Crippen LogP) is 11.2. The molecule has 1 unspecified atom stereocenters. The Balaban J connectivity index is 3.71. The van der Waals surface area contributed by atoms with Crippen LogP contribution in [-0.2, 0) is 14.3 Å². The van der Waals surface area contributed by atoms with Crippen molar-refractivity contribution in [2.45, 2.75) is 206 Å². The molecule has 0 radical (unpaired) electrons. The molecule has 0 heterocycles. The van der Waals surface area contributed by atoms with Crippen molar-refractivity contribution >= 4 is 11.9 Å². The normalized spacial score (nSPS) is 13.0. The molecule has 0 aromatic heterocycles. The number of hydrogen-bond acceptors (Lipinski definition) is 4. The highest BCUT2D eigenvalue weighted by Crippen LogP contribution is 2.21. The van der Waals surface area contributed by atoms with Gasteiger partial charge in [0.05, 0.1) is 0 Å². The molecular formula is C36H68O5. The third-order valence-corrected chi connectivity index (χ3v) is 8.13. The summed E-state index contributed by atoms with van der Waals surface area (Å²) >= 11 is 0. The molecule has 0 bridgehead atoms.